The van der Waals surface area contributed by atoms with Crippen LogP contribution in [-0.4, -0.2) is 18.8 Å². The molecule has 1 aromatic rings. The Bertz CT molecular complexity index is 318. The van der Waals surface area contributed by atoms with Gasteiger partial charge in [-0.1, -0.05) is 30.7 Å². The zero-order valence-electron chi connectivity index (χ0n) is 9.15. The lowest BCUT2D eigenvalue weighted by molar-refractivity contribution is 0.0633. The van der Waals surface area contributed by atoms with Crippen molar-refractivity contribution in [1.82, 2.24) is 0 Å². The number of ether oxygens (including phenoxy) is 1. The van der Waals surface area contributed by atoms with Gasteiger partial charge >= 0.3 is 0 Å². The van der Waals surface area contributed by atoms with E-state index in [0.717, 1.165) is 5.56 Å². The van der Waals surface area contributed by atoms with Gasteiger partial charge in [0.1, 0.15) is 6.10 Å². The molecule has 0 heterocycles. The highest BCUT2D eigenvalue weighted by Crippen LogP contribution is 2.39. The normalized spacial score (nSPS) is 18.5. The van der Waals surface area contributed by atoms with Crippen LogP contribution in [0.5, 0.6) is 0 Å². The SMILES string of the molecule is COCC(O)c1ccccc1C1CCC1. The molecule has 0 aromatic heterocycles. The molecule has 2 nitrogen and oxygen atoms in total. The fourth-order valence-electron chi connectivity index (χ4n) is 2.15. The van der Waals surface area contributed by atoms with Gasteiger partial charge in [0.25, 0.3) is 0 Å². The zero-order valence-corrected chi connectivity index (χ0v) is 9.15. The lowest BCUT2D eigenvalue weighted by Crippen LogP contribution is -2.15. The van der Waals surface area contributed by atoms with Gasteiger partial charge < -0.3 is 9.84 Å². The third kappa shape index (κ3) is 2.21. The van der Waals surface area contributed by atoms with Crippen LogP contribution in [0.1, 0.15) is 42.4 Å². The van der Waals surface area contributed by atoms with E-state index in [1.807, 2.05) is 12.1 Å². The molecule has 1 saturated carbocycles. The Labute approximate surface area is 90.9 Å². The van der Waals surface area contributed by atoms with Crippen LogP contribution >= 0.6 is 0 Å². The highest BCUT2D eigenvalue weighted by molar-refractivity contribution is 5.33. The summed E-state index contributed by atoms with van der Waals surface area (Å²) in [6.45, 7) is 0.379. The lowest BCUT2D eigenvalue weighted by atomic mass is 9.77. The van der Waals surface area contributed by atoms with Crippen LogP contribution in [0.15, 0.2) is 24.3 Å². The highest BCUT2D eigenvalue weighted by atomic mass is 16.5. The first-order valence-corrected chi connectivity index (χ1v) is 5.58. The minimum absolute atomic E-state index is 0.379. The van der Waals surface area contributed by atoms with Gasteiger partial charge in [0, 0.05) is 7.11 Å². The van der Waals surface area contributed by atoms with Crippen molar-refractivity contribution in [3.8, 4) is 0 Å². The first-order chi connectivity index (χ1) is 7.33. The Hall–Kier alpha value is -0.860. The lowest BCUT2D eigenvalue weighted by Gasteiger charge is -2.29. The van der Waals surface area contributed by atoms with Crippen molar-refractivity contribution in [1.29, 1.82) is 0 Å². The van der Waals surface area contributed by atoms with Gasteiger partial charge in [-0.05, 0) is 29.9 Å². The predicted octanol–water partition coefficient (Wildman–Crippen LogP) is 2.63. The molecule has 15 heavy (non-hydrogen) atoms. The van der Waals surface area contributed by atoms with Crippen LogP contribution < -0.4 is 0 Å². The Morgan fingerprint density at radius 3 is 2.73 bits per heavy atom. The van der Waals surface area contributed by atoms with Gasteiger partial charge in [-0.25, -0.2) is 0 Å². The number of hydrogen-bond donors (Lipinski definition) is 1. The molecule has 0 spiro atoms. The van der Waals surface area contributed by atoms with Crippen LogP contribution in [0, 0.1) is 0 Å². The second-order valence-corrected chi connectivity index (χ2v) is 4.23. The van der Waals surface area contributed by atoms with Gasteiger partial charge in [-0.3, -0.25) is 0 Å². The summed E-state index contributed by atoms with van der Waals surface area (Å²) >= 11 is 0. The maximum Gasteiger partial charge on any atom is 0.103 e. The minimum atomic E-state index is -0.480. The molecule has 1 atom stereocenters. The largest absolute Gasteiger partial charge is 0.386 e. The molecule has 82 valence electrons. The smallest absolute Gasteiger partial charge is 0.103 e. The van der Waals surface area contributed by atoms with E-state index in [4.69, 9.17) is 4.74 Å². The molecule has 0 amide bonds. The van der Waals surface area contributed by atoms with Gasteiger partial charge in [0.2, 0.25) is 0 Å². The number of methoxy groups -OCH3 is 1. The van der Waals surface area contributed by atoms with Crippen molar-refractivity contribution < 1.29 is 9.84 Å². The third-order valence-corrected chi connectivity index (χ3v) is 3.22. The average Bonchev–Trinajstić information content (AvgIpc) is 2.16. The summed E-state index contributed by atoms with van der Waals surface area (Å²) in [5, 5.41) is 9.94. The molecule has 1 unspecified atom stereocenters. The first kappa shape index (κ1) is 10.7. The Balaban J connectivity index is 2.20. The Morgan fingerprint density at radius 1 is 1.40 bits per heavy atom. The van der Waals surface area contributed by atoms with Crippen molar-refractivity contribution in [2.45, 2.75) is 31.3 Å². The van der Waals surface area contributed by atoms with E-state index in [1.165, 1.54) is 24.8 Å². The molecule has 0 aliphatic heterocycles. The third-order valence-electron chi connectivity index (χ3n) is 3.22. The van der Waals surface area contributed by atoms with E-state index < -0.39 is 6.10 Å². The van der Waals surface area contributed by atoms with Gasteiger partial charge in [-0.15, -0.1) is 0 Å². The highest BCUT2D eigenvalue weighted by Gasteiger charge is 2.23. The second-order valence-electron chi connectivity index (χ2n) is 4.23. The average molecular weight is 206 g/mol. The Kier molecular flexibility index (Phi) is 3.39. The maximum atomic E-state index is 9.94. The first-order valence-electron chi connectivity index (χ1n) is 5.58. The van der Waals surface area contributed by atoms with Crippen molar-refractivity contribution in [3.05, 3.63) is 35.4 Å². The number of aliphatic hydroxyl groups excluding tert-OH is 1. The maximum absolute atomic E-state index is 9.94. The van der Waals surface area contributed by atoms with Crippen LogP contribution in [0.25, 0.3) is 0 Å². The summed E-state index contributed by atoms with van der Waals surface area (Å²) in [6.07, 6.45) is 3.36. The standard InChI is InChI=1S/C13H18O2/c1-15-9-13(14)12-8-3-2-7-11(12)10-5-4-6-10/h2-3,7-8,10,13-14H,4-6,9H2,1H3. The number of benzene rings is 1. The fourth-order valence-corrected chi connectivity index (χ4v) is 2.15. The molecule has 2 rings (SSSR count). The molecule has 1 aromatic carbocycles. The molecule has 1 aliphatic carbocycles. The summed E-state index contributed by atoms with van der Waals surface area (Å²) in [5.41, 5.74) is 2.36. The van der Waals surface area contributed by atoms with Crippen LogP contribution in [0.2, 0.25) is 0 Å². The molecule has 0 saturated heterocycles. The Morgan fingerprint density at radius 2 is 2.13 bits per heavy atom. The summed E-state index contributed by atoms with van der Waals surface area (Å²) in [6, 6.07) is 8.18. The van der Waals surface area contributed by atoms with E-state index in [9.17, 15) is 5.11 Å². The van der Waals surface area contributed by atoms with Crippen molar-refractivity contribution in [2.75, 3.05) is 13.7 Å². The summed E-state index contributed by atoms with van der Waals surface area (Å²) in [4.78, 5) is 0. The van der Waals surface area contributed by atoms with Gasteiger partial charge in [0.15, 0.2) is 0 Å². The van der Waals surface area contributed by atoms with Crippen LogP contribution in [-0.2, 0) is 4.74 Å². The molecule has 1 fully saturated rings. The minimum Gasteiger partial charge on any atom is -0.386 e. The van der Waals surface area contributed by atoms with Gasteiger partial charge in [0.05, 0.1) is 6.61 Å². The summed E-state index contributed by atoms with van der Waals surface area (Å²) < 4.78 is 4.99. The van der Waals surface area contributed by atoms with Crippen molar-refractivity contribution in [2.24, 2.45) is 0 Å². The molecular formula is C13H18O2. The molecule has 0 bridgehead atoms. The molecule has 0 radical (unpaired) electrons. The predicted molar refractivity (Wildman–Crippen MR) is 59.9 cm³/mol. The van der Waals surface area contributed by atoms with E-state index in [1.54, 1.807) is 7.11 Å². The molecular weight excluding hydrogens is 188 g/mol. The summed E-state index contributed by atoms with van der Waals surface area (Å²) in [5.74, 6) is 0.660. The number of aliphatic hydroxyl groups is 1. The zero-order chi connectivity index (χ0) is 10.7. The van der Waals surface area contributed by atoms with Crippen LogP contribution in [0.4, 0.5) is 0 Å². The number of rotatable bonds is 4. The van der Waals surface area contributed by atoms with E-state index in [-0.39, 0.29) is 0 Å². The quantitative estimate of drug-likeness (QED) is 0.820. The van der Waals surface area contributed by atoms with Gasteiger partial charge in [-0.2, -0.15) is 0 Å². The molecule has 1 aliphatic rings. The van der Waals surface area contributed by atoms with E-state index >= 15 is 0 Å². The molecule has 2 heteroatoms. The topological polar surface area (TPSA) is 29.5 Å². The number of hydrogen-bond acceptors (Lipinski definition) is 2. The van der Waals surface area contributed by atoms with Crippen molar-refractivity contribution >= 4 is 0 Å². The fraction of sp³-hybridized carbons (Fsp3) is 0.538. The molecule has 1 N–H and O–H groups in total. The van der Waals surface area contributed by atoms with Crippen molar-refractivity contribution in [3.63, 3.8) is 0 Å². The monoisotopic (exact) mass is 206 g/mol. The van der Waals surface area contributed by atoms with E-state index in [0.29, 0.717) is 12.5 Å². The van der Waals surface area contributed by atoms with Crippen LogP contribution in [0.3, 0.4) is 0 Å². The van der Waals surface area contributed by atoms with E-state index in [2.05, 4.69) is 12.1 Å². The second kappa shape index (κ2) is 4.77. The summed E-state index contributed by atoms with van der Waals surface area (Å²) in [7, 11) is 1.62.